The molecule has 0 aliphatic heterocycles. The lowest BCUT2D eigenvalue weighted by molar-refractivity contribution is 0.0278. The maximum absolute atomic E-state index is 9.38. The van der Waals surface area contributed by atoms with Crippen LogP contribution in [0.15, 0.2) is 0 Å². The van der Waals surface area contributed by atoms with Gasteiger partial charge in [0.25, 0.3) is 0 Å². The van der Waals surface area contributed by atoms with Gasteiger partial charge in [-0.1, -0.05) is 27.7 Å². The predicted molar refractivity (Wildman–Crippen MR) is 54.8 cm³/mol. The minimum Gasteiger partial charge on any atom is -0.394 e. The average Bonchev–Trinajstić information content (AvgIpc) is 2.02. The highest BCUT2D eigenvalue weighted by atomic mass is 16.5. The zero-order valence-corrected chi connectivity index (χ0v) is 9.42. The SMILES string of the molecule is COCC(CO)(NC(C)C)C(C)C. The molecule has 0 saturated heterocycles. The van der Waals surface area contributed by atoms with Crippen LogP contribution in [0.5, 0.6) is 0 Å². The maximum Gasteiger partial charge on any atom is 0.0675 e. The van der Waals surface area contributed by atoms with Crippen LogP contribution in [0.3, 0.4) is 0 Å². The normalized spacial score (nSPS) is 16.6. The summed E-state index contributed by atoms with van der Waals surface area (Å²) in [6.07, 6.45) is 0. The van der Waals surface area contributed by atoms with Crippen molar-refractivity contribution in [2.24, 2.45) is 5.92 Å². The number of hydrogen-bond acceptors (Lipinski definition) is 3. The molecule has 0 aliphatic rings. The Hall–Kier alpha value is -0.120. The van der Waals surface area contributed by atoms with E-state index >= 15 is 0 Å². The van der Waals surface area contributed by atoms with Gasteiger partial charge in [0.1, 0.15) is 0 Å². The summed E-state index contributed by atoms with van der Waals surface area (Å²) in [6, 6.07) is 0.352. The van der Waals surface area contributed by atoms with E-state index in [0.29, 0.717) is 18.6 Å². The standard InChI is InChI=1S/C10H23NO2/c1-8(2)10(6-12,7-13-5)11-9(3)4/h8-9,11-12H,6-7H2,1-5H3. The van der Waals surface area contributed by atoms with Crippen LogP contribution in [0, 0.1) is 5.92 Å². The van der Waals surface area contributed by atoms with Gasteiger partial charge in [-0.15, -0.1) is 0 Å². The molecule has 0 aliphatic carbocycles. The first-order valence-electron chi connectivity index (χ1n) is 4.86. The van der Waals surface area contributed by atoms with E-state index in [9.17, 15) is 5.11 Å². The smallest absolute Gasteiger partial charge is 0.0675 e. The van der Waals surface area contributed by atoms with E-state index in [-0.39, 0.29) is 12.1 Å². The van der Waals surface area contributed by atoms with E-state index in [1.807, 2.05) is 0 Å². The second-order valence-corrected chi connectivity index (χ2v) is 4.20. The highest BCUT2D eigenvalue weighted by molar-refractivity contribution is 4.91. The zero-order chi connectivity index (χ0) is 10.5. The van der Waals surface area contributed by atoms with Gasteiger partial charge in [-0.3, -0.25) is 0 Å². The number of aliphatic hydroxyl groups excluding tert-OH is 1. The molecule has 0 fully saturated rings. The first-order valence-corrected chi connectivity index (χ1v) is 4.86. The largest absolute Gasteiger partial charge is 0.394 e. The number of hydrogen-bond donors (Lipinski definition) is 2. The molecular weight excluding hydrogens is 166 g/mol. The first kappa shape index (κ1) is 12.9. The van der Waals surface area contributed by atoms with Gasteiger partial charge >= 0.3 is 0 Å². The molecule has 1 unspecified atom stereocenters. The van der Waals surface area contributed by atoms with Gasteiger partial charge in [-0.05, 0) is 5.92 Å². The number of ether oxygens (including phenoxy) is 1. The zero-order valence-electron chi connectivity index (χ0n) is 9.42. The van der Waals surface area contributed by atoms with Crippen molar-refractivity contribution < 1.29 is 9.84 Å². The van der Waals surface area contributed by atoms with Gasteiger partial charge in [0.15, 0.2) is 0 Å². The lowest BCUT2D eigenvalue weighted by Crippen LogP contribution is -2.58. The molecule has 0 saturated carbocycles. The molecule has 0 aromatic heterocycles. The molecule has 0 heterocycles. The fourth-order valence-corrected chi connectivity index (χ4v) is 1.48. The maximum atomic E-state index is 9.38. The van der Waals surface area contributed by atoms with Crippen LogP contribution in [0.25, 0.3) is 0 Å². The molecule has 0 bridgehead atoms. The van der Waals surface area contributed by atoms with Crippen molar-refractivity contribution in [1.82, 2.24) is 5.32 Å². The Labute approximate surface area is 81.5 Å². The van der Waals surface area contributed by atoms with Crippen LogP contribution in [0.1, 0.15) is 27.7 Å². The van der Waals surface area contributed by atoms with Gasteiger partial charge in [-0.25, -0.2) is 0 Å². The Bertz CT molecular complexity index is 137. The third-order valence-electron chi connectivity index (χ3n) is 2.37. The summed E-state index contributed by atoms with van der Waals surface area (Å²) in [7, 11) is 1.66. The quantitative estimate of drug-likeness (QED) is 0.655. The van der Waals surface area contributed by atoms with Crippen molar-refractivity contribution in [1.29, 1.82) is 0 Å². The van der Waals surface area contributed by atoms with Crippen LogP contribution in [-0.2, 0) is 4.74 Å². The highest BCUT2D eigenvalue weighted by Gasteiger charge is 2.33. The van der Waals surface area contributed by atoms with Crippen LogP contribution in [0.2, 0.25) is 0 Å². The Morgan fingerprint density at radius 2 is 1.85 bits per heavy atom. The molecule has 13 heavy (non-hydrogen) atoms. The fourth-order valence-electron chi connectivity index (χ4n) is 1.48. The summed E-state index contributed by atoms with van der Waals surface area (Å²) < 4.78 is 5.14. The lowest BCUT2D eigenvalue weighted by Gasteiger charge is -2.38. The van der Waals surface area contributed by atoms with Crippen molar-refractivity contribution in [2.45, 2.75) is 39.3 Å². The van der Waals surface area contributed by atoms with E-state index in [4.69, 9.17) is 4.74 Å². The van der Waals surface area contributed by atoms with Crippen molar-refractivity contribution >= 4 is 0 Å². The Kier molecular flexibility index (Phi) is 5.53. The van der Waals surface area contributed by atoms with E-state index in [1.54, 1.807) is 7.11 Å². The summed E-state index contributed by atoms with van der Waals surface area (Å²) in [4.78, 5) is 0. The third kappa shape index (κ3) is 3.63. The van der Waals surface area contributed by atoms with Crippen LogP contribution < -0.4 is 5.32 Å². The van der Waals surface area contributed by atoms with Crippen LogP contribution in [0.4, 0.5) is 0 Å². The molecule has 0 amide bonds. The van der Waals surface area contributed by atoms with Gasteiger partial charge in [0, 0.05) is 13.2 Å². The second-order valence-electron chi connectivity index (χ2n) is 4.20. The van der Waals surface area contributed by atoms with Crippen molar-refractivity contribution in [2.75, 3.05) is 20.3 Å². The summed E-state index contributed by atoms with van der Waals surface area (Å²) >= 11 is 0. The molecule has 1 atom stereocenters. The first-order chi connectivity index (χ1) is 5.98. The van der Waals surface area contributed by atoms with E-state index in [2.05, 4.69) is 33.0 Å². The minimum atomic E-state index is -0.303. The van der Waals surface area contributed by atoms with Crippen molar-refractivity contribution in [3.05, 3.63) is 0 Å². The fraction of sp³-hybridized carbons (Fsp3) is 1.00. The average molecular weight is 189 g/mol. The Balaban J connectivity index is 4.44. The molecule has 80 valence electrons. The summed E-state index contributed by atoms with van der Waals surface area (Å²) in [5.41, 5.74) is -0.303. The van der Waals surface area contributed by atoms with Gasteiger partial charge in [0.2, 0.25) is 0 Å². The molecule has 0 spiro atoms. The number of aliphatic hydroxyl groups is 1. The van der Waals surface area contributed by atoms with Crippen molar-refractivity contribution in [3.8, 4) is 0 Å². The molecule has 3 heteroatoms. The topological polar surface area (TPSA) is 41.5 Å². The number of methoxy groups -OCH3 is 1. The van der Waals surface area contributed by atoms with E-state index < -0.39 is 0 Å². The molecule has 0 aromatic rings. The molecule has 0 rings (SSSR count). The monoisotopic (exact) mass is 189 g/mol. The predicted octanol–water partition coefficient (Wildman–Crippen LogP) is 1.02. The Morgan fingerprint density at radius 1 is 1.31 bits per heavy atom. The van der Waals surface area contributed by atoms with E-state index in [0.717, 1.165) is 0 Å². The molecule has 3 nitrogen and oxygen atoms in total. The van der Waals surface area contributed by atoms with Gasteiger partial charge < -0.3 is 15.2 Å². The molecule has 0 aromatic carbocycles. The number of nitrogens with one attached hydrogen (secondary N) is 1. The second kappa shape index (κ2) is 5.58. The summed E-state index contributed by atoms with van der Waals surface area (Å²) in [5.74, 6) is 0.347. The highest BCUT2D eigenvalue weighted by Crippen LogP contribution is 2.17. The molecular formula is C10H23NO2. The lowest BCUT2D eigenvalue weighted by atomic mass is 9.87. The summed E-state index contributed by atoms with van der Waals surface area (Å²) in [6.45, 7) is 8.97. The Morgan fingerprint density at radius 3 is 2.08 bits per heavy atom. The van der Waals surface area contributed by atoms with Crippen molar-refractivity contribution in [3.63, 3.8) is 0 Å². The molecule has 0 radical (unpaired) electrons. The summed E-state index contributed by atoms with van der Waals surface area (Å²) in [5, 5.41) is 12.8. The minimum absolute atomic E-state index is 0.108. The number of rotatable bonds is 6. The third-order valence-corrected chi connectivity index (χ3v) is 2.37. The van der Waals surface area contributed by atoms with Crippen LogP contribution >= 0.6 is 0 Å². The van der Waals surface area contributed by atoms with E-state index in [1.165, 1.54) is 0 Å². The van der Waals surface area contributed by atoms with Crippen LogP contribution in [-0.4, -0.2) is 37.0 Å². The molecule has 2 N–H and O–H groups in total. The van der Waals surface area contributed by atoms with Gasteiger partial charge in [-0.2, -0.15) is 0 Å². The van der Waals surface area contributed by atoms with Gasteiger partial charge in [0.05, 0.1) is 18.8 Å².